The minimum Gasteiger partial charge on any atom is -0.324 e. The molecule has 2 heteroatoms. The van der Waals surface area contributed by atoms with Crippen LogP contribution in [0.3, 0.4) is 0 Å². The Balaban J connectivity index is 2.62. The summed E-state index contributed by atoms with van der Waals surface area (Å²) in [5.74, 6) is 2.57. The predicted molar refractivity (Wildman–Crippen MR) is 56.4 cm³/mol. The van der Waals surface area contributed by atoms with Gasteiger partial charge in [0.25, 0.3) is 0 Å². The van der Waals surface area contributed by atoms with E-state index in [1.54, 1.807) is 0 Å². The zero-order valence-corrected chi connectivity index (χ0v) is 8.09. The summed E-state index contributed by atoms with van der Waals surface area (Å²) in [4.78, 5) is 0. The zero-order valence-electron chi connectivity index (χ0n) is 7.33. The van der Waals surface area contributed by atoms with E-state index < -0.39 is 0 Å². The summed E-state index contributed by atoms with van der Waals surface area (Å²) in [7, 11) is 0. The van der Waals surface area contributed by atoms with Crippen molar-refractivity contribution in [1.29, 1.82) is 0 Å². The number of rotatable bonds is 3. The molecule has 0 fully saturated rings. The Hall–Kier alpha value is -0.970. The Labute approximate surface area is 83.9 Å². The SMILES string of the molecule is C#CCCC(N)c1ccc(Cl)cc1. The van der Waals surface area contributed by atoms with Gasteiger partial charge in [0, 0.05) is 17.5 Å². The average Bonchev–Trinajstić information content (AvgIpc) is 2.15. The van der Waals surface area contributed by atoms with Gasteiger partial charge in [-0.3, -0.25) is 0 Å². The van der Waals surface area contributed by atoms with Crippen molar-refractivity contribution in [2.75, 3.05) is 0 Å². The lowest BCUT2D eigenvalue weighted by Gasteiger charge is -2.09. The largest absolute Gasteiger partial charge is 0.324 e. The lowest BCUT2D eigenvalue weighted by molar-refractivity contribution is 0.668. The Morgan fingerprint density at radius 1 is 1.38 bits per heavy atom. The van der Waals surface area contributed by atoms with Crippen LogP contribution in [0.5, 0.6) is 0 Å². The fraction of sp³-hybridized carbons (Fsp3) is 0.273. The minimum absolute atomic E-state index is 0.0216. The lowest BCUT2D eigenvalue weighted by Crippen LogP contribution is -2.09. The molecule has 0 saturated heterocycles. The molecule has 2 N–H and O–H groups in total. The first-order valence-corrected chi connectivity index (χ1v) is 4.56. The molecular formula is C11H12ClN. The van der Waals surface area contributed by atoms with Crippen molar-refractivity contribution in [2.45, 2.75) is 18.9 Å². The molecule has 0 aliphatic carbocycles. The molecule has 68 valence electrons. The summed E-state index contributed by atoms with van der Waals surface area (Å²) in [6.45, 7) is 0. The highest BCUT2D eigenvalue weighted by Crippen LogP contribution is 2.17. The van der Waals surface area contributed by atoms with Gasteiger partial charge in [0.2, 0.25) is 0 Å². The highest BCUT2D eigenvalue weighted by atomic mass is 35.5. The average molecular weight is 194 g/mol. The van der Waals surface area contributed by atoms with Crippen molar-refractivity contribution >= 4 is 11.6 Å². The van der Waals surface area contributed by atoms with Crippen LogP contribution in [0.1, 0.15) is 24.4 Å². The fourth-order valence-corrected chi connectivity index (χ4v) is 1.24. The van der Waals surface area contributed by atoms with Gasteiger partial charge in [-0.1, -0.05) is 23.7 Å². The Morgan fingerprint density at radius 3 is 2.54 bits per heavy atom. The highest BCUT2D eigenvalue weighted by Gasteiger charge is 2.03. The van der Waals surface area contributed by atoms with Gasteiger partial charge >= 0.3 is 0 Å². The van der Waals surface area contributed by atoms with Gasteiger partial charge in [0.05, 0.1) is 0 Å². The third-order valence-corrected chi connectivity index (χ3v) is 2.15. The van der Waals surface area contributed by atoms with E-state index in [1.165, 1.54) is 0 Å². The number of hydrogen-bond donors (Lipinski definition) is 1. The second-order valence-corrected chi connectivity index (χ2v) is 3.34. The maximum atomic E-state index is 5.89. The number of halogens is 1. The summed E-state index contributed by atoms with van der Waals surface area (Å²) in [6, 6.07) is 7.57. The summed E-state index contributed by atoms with van der Waals surface area (Å²) in [5, 5.41) is 0.730. The van der Waals surface area contributed by atoms with Gasteiger partial charge < -0.3 is 5.73 Å². The Kier molecular flexibility index (Phi) is 3.82. The normalized spacial score (nSPS) is 12.1. The monoisotopic (exact) mass is 193 g/mol. The molecule has 13 heavy (non-hydrogen) atoms. The zero-order chi connectivity index (χ0) is 9.68. The fourth-order valence-electron chi connectivity index (χ4n) is 1.12. The van der Waals surface area contributed by atoms with E-state index in [1.807, 2.05) is 24.3 Å². The van der Waals surface area contributed by atoms with Crippen molar-refractivity contribution in [3.05, 3.63) is 34.9 Å². The van der Waals surface area contributed by atoms with Crippen LogP contribution in [-0.2, 0) is 0 Å². The molecule has 0 aromatic heterocycles. The highest BCUT2D eigenvalue weighted by molar-refractivity contribution is 6.30. The number of nitrogens with two attached hydrogens (primary N) is 1. The van der Waals surface area contributed by atoms with Crippen LogP contribution in [0.4, 0.5) is 0 Å². The first-order chi connectivity index (χ1) is 6.24. The molecule has 0 bridgehead atoms. The van der Waals surface area contributed by atoms with Crippen molar-refractivity contribution in [3.8, 4) is 12.3 Å². The molecule has 1 rings (SSSR count). The quantitative estimate of drug-likeness (QED) is 0.735. The first kappa shape index (κ1) is 10.1. The van der Waals surface area contributed by atoms with Crippen LogP contribution in [0.2, 0.25) is 5.02 Å². The van der Waals surface area contributed by atoms with Crippen molar-refractivity contribution in [2.24, 2.45) is 5.73 Å². The van der Waals surface area contributed by atoms with Gasteiger partial charge in [-0.15, -0.1) is 12.3 Å². The molecule has 0 aliphatic heterocycles. The maximum Gasteiger partial charge on any atom is 0.0406 e. The third-order valence-electron chi connectivity index (χ3n) is 1.90. The van der Waals surface area contributed by atoms with Gasteiger partial charge in [-0.25, -0.2) is 0 Å². The van der Waals surface area contributed by atoms with E-state index >= 15 is 0 Å². The van der Waals surface area contributed by atoms with Gasteiger partial charge in [-0.05, 0) is 24.1 Å². The lowest BCUT2D eigenvalue weighted by atomic mass is 10.0. The molecule has 1 nitrogen and oxygen atoms in total. The minimum atomic E-state index is 0.0216. The molecule has 0 saturated carbocycles. The number of terminal acetylenes is 1. The van der Waals surface area contributed by atoms with Crippen molar-refractivity contribution < 1.29 is 0 Å². The molecule has 0 aliphatic rings. The van der Waals surface area contributed by atoms with Gasteiger partial charge in [0.1, 0.15) is 0 Å². The van der Waals surface area contributed by atoms with Crippen LogP contribution in [0, 0.1) is 12.3 Å². The van der Waals surface area contributed by atoms with Crippen LogP contribution >= 0.6 is 11.6 Å². The van der Waals surface area contributed by atoms with Gasteiger partial charge in [-0.2, -0.15) is 0 Å². The summed E-state index contributed by atoms with van der Waals surface area (Å²) in [6.07, 6.45) is 6.68. The van der Waals surface area contributed by atoms with E-state index in [4.69, 9.17) is 23.8 Å². The van der Waals surface area contributed by atoms with E-state index in [0.717, 1.165) is 17.0 Å². The first-order valence-electron chi connectivity index (χ1n) is 4.18. The predicted octanol–water partition coefficient (Wildman–Crippen LogP) is 2.75. The molecule has 0 heterocycles. The topological polar surface area (TPSA) is 26.0 Å². The maximum absolute atomic E-state index is 5.89. The summed E-state index contributed by atoms with van der Waals surface area (Å²) < 4.78 is 0. The third kappa shape index (κ3) is 3.10. The van der Waals surface area contributed by atoms with E-state index in [-0.39, 0.29) is 6.04 Å². The molecule has 1 atom stereocenters. The Morgan fingerprint density at radius 2 is 2.00 bits per heavy atom. The molecule has 1 aromatic carbocycles. The second kappa shape index (κ2) is 4.91. The van der Waals surface area contributed by atoms with Crippen LogP contribution < -0.4 is 5.73 Å². The number of hydrogen-bond acceptors (Lipinski definition) is 1. The van der Waals surface area contributed by atoms with Crippen LogP contribution in [0.15, 0.2) is 24.3 Å². The van der Waals surface area contributed by atoms with E-state index in [9.17, 15) is 0 Å². The molecular weight excluding hydrogens is 182 g/mol. The van der Waals surface area contributed by atoms with E-state index in [2.05, 4.69) is 5.92 Å². The van der Waals surface area contributed by atoms with Crippen molar-refractivity contribution in [3.63, 3.8) is 0 Å². The molecule has 0 spiro atoms. The molecule has 1 unspecified atom stereocenters. The molecule has 0 radical (unpaired) electrons. The van der Waals surface area contributed by atoms with Crippen LogP contribution in [0.25, 0.3) is 0 Å². The summed E-state index contributed by atoms with van der Waals surface area (Å²) in [5.41, 5.74) is 6.98. The molecule has 0 amide bonds. The van der Waals surface area contributed by atoms with Crippen LogP contribution in [-0.4, -0.2) is 0 Å². The van der Waals surface area contributed by atoms with Gasteiger partial charge in [0.15, 0.2) is 0 Å². The van der Waals surface area contributed by atoms with E-state index in [0.29, 0.717) is 6.42 Å². The standard InChI is InChI=1S/C11H12ClN/c1-2-3-4-11(13)9-5-7-10(12)8-6-9/h1,5-8,11H,3-4,13H2. The molecule has 1 aromatic rings. The Bertz CT molecular complexity index is 297. The number of benzene rings is 1. The second-order valence-electron chi connectivity index (χ2n) is 2.90. The summed E-state index contributed by atoms with van der Waals surface area (Å²) >= 11 is 5.75. The van der Waals surface area contributed by atoms with Crippen molar-refractivity contribution in [1.82, 2.24) is 0 Å². The smallest absolute Gasteiger partial charge is 0.0406 e.